The van der Waals surface area contributed by atoms with Gasteiger partial charge < -0.3 is 5.32 Å². The topological polar surface area (TPSA) is 125 Å². The maximum atomic E-state index is 13.1. The second-order valence-corrected chi connectivity index (χ2v) is 7.14. The average molecular weight is 439 g/mol. The van der Waals surface area contributed by atoms with E-state index >= 15 is 0 Å². The lowest BCUT2D eigenvalue weighted by Crippen LogP contribution is -2.31. The zero-order valence-electron chi connectivity index (χ0n) is 16.2. The molecule has 0 radical (unpaired) electrons. The van der Waals surface area contributed by atoms with Crippen molar-refractivity contribution in [3.63, 3.8) is 0 Å². The van der Waals surface area contributed by atoms with Gasteiger partial charge in [0.1, 0.15) is 12.1 Å². The number of benzene rings is 2. The van der Waals surface area contributed by atoms with Crippen LogP contribution in [0.5, 0.6) is 0 Å². The van der Waals surface area contributed by atoms with Gasteiger partial charge in [0.05, 0.1) is 22.5 Å². The summed E-state index contributed by atoms with van der Waals surface area (Å²) >= 11 is 6.06. The van der Waals surface area contributed by atoms with E-state index in [0.717, 1.165) is 4.68 Å². The first-order valence-corrected chi connectivity index (χ1v) is 9.47. The first-order valence-electron chi connectivity index (χ1n) is 9.09. The van der Waals surface area contributed by atoms with Gasteiger partial charge >= 0.3 is 0 Å². The van der Waals surface area contributed by atoms with Crippen LogP contribution in [-0.2, 0) is 11.3 Å². The van der Waals surface area contributed by atoms with E-state index in [-0.39, 0.29) is 17.7 Å². The quantitative estimate of drug-likeness (QED) is 0.377. The Morgan fingerprint density at radius 3 is 2.65 bits per heavy atom. The van der Waals surface area contributed by atoms with Crippen molar-refractivity contribution in [3.05, 3.63) is 85.9 Å². The molecule has 0 saturated heterocycles. The Balaban J connectivity index is 1.65. The predicted octanol–water partition coefficient (Wildman–Crippen LogP) is 3.09. The molecule has 0 aliphatic rings. The molecule has 4 rings (SSSR count). The Labute approximate surface area is 179 Å². The fraction of sp³-hybridized carbons (Fsp3) is 0.100. The van der Waals surface area contributed by atoms with Gasteiger partial charge in [-0.2, -0.15) is 10.2 Å². The van der Waals surface area contributed by atoms with Crippen LogP contribution in [0.1, 0.15) is 5.69 Å². The van der Waals surface area contributed by atoms with E-state index in [1.54, 1.807) is 37.4 Å². The number of fused-ring (bicyclic) bond motifs is 1. The number of nitrogens with zero attached hydrogens (tertiary/aromatic N) is 5. The number of aromatic nitrogens is 4. The normalized spacial score (nSPS) is 10.9. The van der Waals surface area contributed by atoms with E-state index in [4.69, 9.17) is 11.6 Å². The third kappa shape index (κ3) is 4.01. The second kappa shape index (κ2) is 8.00. The van der Waals surface area contributed by atoms with Crippen LogP contribution in [0.15, 0.2) is 59.5 Å². The highest BCUT2D eigenvalue weighted by Crippen LogP contribution is 2.20. The van der Waals surface area contributed by atoms with Crippen LogP contribution in [0.3, 0.4) is 0 Å². The van der Waals surface area contributed by atoms with Crippen LogP contribution in [0.4, 0.5) is 11.4 Å². The predicted molar refractivity (Wildman–Crippen MR) is 115 cm³/mol. The fourth-order valence-corrected chi connectivity index (χ4v) is 3.32. The lowest BCUT2D eigenvalue weighted by atomic mass is 10.2. The minimum Gasteiger partial charge on any atom is -0.324 e. The highest BCUT2D eigenvalue weighted by atomic mass is 35.5. The van der Waals surface area contributed by atoms with Crippen molar-refractivity contribution in [2.75, 3.05) is 5.32 Å². The number of halogens is 1. The Morgan fingerprint density at radius 1 is 1.23 bits per heavy atom. The zero-order chi connectivity index (χ0) is 22.1. The van der Waals surface area contributed by atoms with Crippen molar-refractivity contribution in [2.45, 2.75) is 13.5 Å². The van der Waals surface area contributed by atoms with Crippen LogP contribution in [0.25, 0.3) is 16.6 Å². The van der Waals surface area contributed by atoms with Crippen LogP contribution in [0.2, 0.25) is 5.02 Å². The van der Waals surface area contributed by atoms with E-state index in [1.807, 2.05) is 0 Å². The van der Waals surface area contributed by atoms with Gasteiger partial charge in [0, 0.05) is 28.2 Å². The molecule has 31 heavy (non-hydrogen) atoms. The molecule has 2 heterocycles. The summed E-state index contributed by atoms with van der Waals surface area (Å²) in [6.45, 7) is 1.38. The van der Waals surface area contributed by atoms with Crippen molar-refractivity contribution >= 4 is 39.8 Å². The van der Waals surface area contributed by atoms with Gasteiger partial charge in [-0.25, -0.2) is 9.36 Å². The highest BCUT2D eigenvalue weighted by Gasteiger charge is 2.17. The van der Waals surface area contributed by atoms with Crippen molar-refractivity contribution in [3.8, 4) is 5.69 Å². The molecule has 0 aliphatic heterocycles. The van der Waals surface area contributed by atoms with Crippen LogP contribution >= 0.6 is 11.6 Å². The molecule has 0 spiro atoms. The molecule has 0 unspecified atom stereocenters. The van der Waals surface area contributed by atoms with Gasteiger partial charge in [0.15, 0.2) is 0 Å². The summed E-state index contributed by atoms with van der Waals surface area (Å²) in [7, 11) is 0. The molecule has 0 atom stereocenters. The smallest absolute Gasteiger partial charge is 0.293 e. The van der Waals surface area contributed by atoms with Gasteiger partial charge in [-0.1, -0.05) is 17.7 Å². The highest BCUT2D eigenvalue weighted by molar-refractivity contribution is 6.30. The summed E-state index contributed by atoms with van der Waals surface area (Å²) in [6.07, 6.45) is 1.54. The largest absolute Gasteiger partial charge is 0.324 e. The third-order valence-electron chi connectivity index (χ3n) is 4.57. The number of hydrogen-bond acceptors (Lipinski definition) is 6. The Hall–Kier alpha value is -4.05. The molecular weight excluding hydrogens is 424 g/mol. The fourth-order valence-electron chi connectivity index (χ4n) is 3.14. The van der Waals surface area contributed by atoms with Crippen molar-refractivity contribution in [1.29, 1.82) is 0 Å². The molecule has 2 aromatic heterocycles. The maximum absolute atomic E-state index is 13.1. The van der Waals surface area contributed by atoms with Gasteiger partial charge in [0.25, 0.3) is 11.2 Å². The molecule has 1 N–H and O–H groups in total. The van der Waals surface area contributed by atoms with Crippen molar-refractivity contribution in [1.82, 2.24) is 19.6 Å². The maximum Gasteiger partial charge on any atom is 0.293 e. The number of carbonyl (C=O) groups excluding carboxylic acids is 1. The Kier molecular flexibility index (Phi) is 5.22. The lowest BCUT2D eigenvalue weighted by molar-refractivity contribution is -0.384. The number of non-ortho nitro benzene ring substituents is 1. The molecular formula is C20H15ClN6O4. The SMILES string of the molecule is Cc1nn(CC(=O)Nc2ccc([N+](=O)[O-])cc2)c(=O)c2c1cnn2-c1cccc(Cl)c1. The van der Waals surface area contributed by atoms with E-state index < -0.39 is 16.4 Å². The van der Waals surface area contributed by atoms with Gasteiger partial charge in [-0.3, -0.25) is 19.7 Å². The number of nitro benzene ring substituents is 1. The summed E-state index contributed by atoms with van der Waals surface area (Å²) in [4.78, 5) is 35.7. The van der Waals surface area contributed by atoms with Crippen LogP contribution in [0, 0.1) is 17.0 Å². The Morgan fingerprint density at radius 2 is 1.97 bits per heavy atom. The molecule has 11 heteroatoms. The number of anilines is 1. The molecule has 10 nitrogen and oxygen atoms in total. The minimum atomic E-state index is -0.532. The van der Waals surface area contributed by atoms with E-state index in [0.29, 0.717) is 27.5 Å². The van der Waals surface area contributed by atoms with Crippen molar-refractivity contribution in [2.24, 2.45) is 0 Å². The van der Waals surface area contributed by atoms with Crippen molar-refractivity contribution < 1.29 is 9.72 Å². The summed E-state index contributed by atoms with van der Waals surface area (Å²) < 4.78 is 2.52. The van der Waals surface area contributed by atoms with Crippen LogP contribution in [-0.4, -0.2) is 30.4 Å². The molecule has 156 valence electrons. The monoisotopic (exact) mass is 438 g/mol. The summed E-state index contributed by atoms with van der Waals surface area (Å²) in [5.74, 6) is -0.504. The van der Waals surface area contributed by atoms with Gasteiger partial charge in [0.2, 0.25) is 5.91 Å². The first kappa shape index (κ1) is 20.2. The summed E-state index contributed by atoms with van der Waals surface area (Å²) in [5.41, 5.74) is 1.20. The number of carbonyl (C=O) groups is 1. The number of rotatable bonds is 5. The number of nitro groups is 1. The van der Waals surface area contributed by atoms with E-state index in [9.17, 15) is 19.7 Å². The Bertz CT molecular complexity index is 1380. The molecule has 0 fully saturated rings. The molecule has 4 aromatic rings. The van der Waals surface area contributed by atoms with Gasteiger partial charge in [-0.15, -0.1) is 0 Å². The molecule has 0 saturated carbocycles. The second-order valence-electron chi connectivity index (χ2n) is 6.70. The lowest BCUT2D eigenvalue weighted by Gasteiger charge is -2.09. The van der Waals surface area contributed by atoms with Gasteiger partial charge in [-0.05, 0) is 37.3 Å². The number of amides is 1. The van der Waals surface area contributed by atoms with E-state index in [2.05, 4.69) is 15.5 Å². The number of aryl methyl sites for hydroxylation is 1. The third-order valence-corrected chi connectivity index (χ3v) is 4.81. The summed E-state index contributed by atoms with van der Waals surface area (Å²) in [5, 5.41) is 22.9. The first-order chi connectivity index (χ1) is 14.8. The average Bonchev–Trinajstić information content (AvgIpc) is 3.18. The van der Waals surface area contributed by atoms with Crippen LogP contribution < -0.4 is 10.9 Å². The molecule has 2 aromatic carbocycles. The minimum absolute atomic E-state index is 0.0914. The molecule has 0 aliphatic carbocycles. The standard InChI is InChI=1S/C20H15ClN6O4/c1-12-17-10-22-26(16-4-2-3-13(21)9-16)19(17)20(29)25(24-12)11-18(28)23-14-5-7-15(8-6-14)27(30)31/h2-10H,11H2,1H3,(H,23,28). The summed E-state index contributed by atoms with van der Waals surface area (Å²) in [6, 6.07) is 12.3. The number of nitrogens with one attached hydrogen (secondary N) is 1. The molecule has 0 bridgehead atoms. The zero-order valence-corrected chi connectivity index (χ0v) is 16.9. The number of hydrogen-bond donors (Lipinski definition) is 1. The van der Waals surface area contributed by atoms with E-state index in [1.165, 1.54) is 28.9 Å². The molecule has 1 amide bonds.